The molecule has 0 unspecified atom stereocenters. The smallest absolute Gasteiger partial charge is 0.131 e. The first-order valence-corrected chi connectivity index (χ1v) is 15.5. The lowest BCUT2D eigenvalue weighted by Gasteiger charge is -2.21. The molecule has 3 heteroatoms. The van der Waals surface area contributed by atoms with E-state index in [1.165, 1.54) is 81.0 Å². The third-order valence-corrected chi connectivity index (χ3v) is 10.2. The Morgan fingerprint density at radius 3 is 2.02 bits per heavy atom. The number of para-hydroxylation sites is 3. The van der Waals surface area contributed by atoms with E-state index in [0.717, 1.165) is 5.69 Å². The molecule has 1 aliphatic rings. The van der Waals surface area contributed by atoms with Crippen LogP contribution in [0.25, 0.3) is 76.9 Å². The lowest BCUT2D eigenvalue weighted by molar-refractivity contribution is 1.03. The fraction of sp³-hybridized carbons (Fsp3) is 0. The zero-order valence-electron chi connectivity index (χ0n) is 23.2. The van der Waals surface area contributed by atoms with E-state index >= 15 is 0 Å². The largest absolute Gasteiger partial charge is 0.295 e. The van der Waals surface area contributed by atoms with Crippen molar-refractivity contribution in [3.63, 3.8) is 0 Å². The second-order valence-electron chi connectivity index (χ2n) is 11.3. The van der Waals surface area contributed by atoms with Gasteiger partial charge in [0.25, 0.3) is 0 Å². The van der Waals surface area contributed by atoms with Gasteiger partial charge in [-0.3, -0.25) is 9.13 Å². The minimum atomic E-state index is 1.16. The summed E-state index contributed by atoms with van der Waals surface area (Å²) >= 11 is 1.87. The summed E-state index contributed by atoms with van der Waals surface area (Å²) in [6.45, 7) is 0. The van der Waals surface area contributed by atoms with Gasteiger partial charge in [-0.05, 0) is 75.1 Å². The SMILES string of the molecule is c1ccc2c(c1)Sc1cccc3c4c5ccccc5n(-c5ccc(-c6cc7ccccc7c7ccccc67)cc5)c4n-2c13. The molecular weight excluding hydrogens is 541 g/mol. The van der Waals surface area contributed by atoms with Crippen LogP contribution in [0.4, 0.5) is 0 Å². The standard InChI is InChI=1S/C40H24N2S/c1-2-11-28-26(10-1)24-33(30-13-4-3-12-29(28)30)25-20-22-27(23-21-25)41-34-16-6-5-14-31(34)38-32-15-9-19-37-39(32)42(40(38)41)35-17-7-8-18-36(35)43-37/h1-24H. The summed E-state index contributed by atoms with van der Waals surface area (Å²) in [5.41, 5.74) is 8.65. The molecule has 0 aliphatic carbocycles. The molecular formula is C40H24N2S. The third-order valence-electron chi connectivity index (χ3n) is 9.08. The van der Waals surface area contributed by atoms with Gasteiger partial charge in [-0.2, -0.15) is 0 Å². The monoisotopic (exact) mass is 564 g/mol. The minimum absolute atomic E-state index is 1.16. The van der Waals surface area contributed by atoms with Gasteiger partial charge in [-0.25, -0.2) is 0 Å². The molecule has 0 amide bonds. The molecule has 200 valence electrons. The maximum Gasteiger partial charge on any atom is 0.131 e. The van der Waals surface area contributed by atoms with Crippen LogP contribution in [-0.4, -0.2) is 9.13 Å². The summed E-state index contributed by atoms with van der Waals surface area (Å²) in [6, 6.07) is 53.4. The highest BCUT2D eigenvalue weighted by atomic mass is 32.2. The summed E-state index contributed by atoms with van der Waals surface area (Å²) in [5.74, 6) is 0. The van der Waals surface area contributed by atoms with Crippen molar-refractivity contribution in [1.29, 1.82) is 0 Å². The van der Waals surface area contributed by atoms with Crippen molar-refractivity contribution in [3.8, 4) is 22.5 Å². The van der Waals surface area contributed by atoms with Gasteiger partial charge < -0.3 is 0 Å². The highest BCUT2D eigenvalue weighted by Gasteiger charge is 2.27. The van der Waals surface area contributed by atoms with Crippen LogP contribution in [0.2, 0.25) is 0 Å². The zero-order chi connectivity index (χ0) is 28.1. The molecule has 2 nitrogen and oxygen atoms in total. The van der Waals surface area contributed by atoms with Crippen molar-refractivity contribution in [2.75, 3.05) is 0 Å². The van der Waals surface area contributed by atoms with Gasteiger partial charge in [0.2, 0.25) is 0 Å². The molecule has 9 aromatic rings. The lowest BCUT2D eigenvalue weighted by atomic mass is 9.93. The number of benzene rings is 7. The number of aromatic nitrogens is 2. The molecule has 0 atom stereocenters. The molecule has 10 rings (SSSR count). The molecule has 3 heterocycles. The first-order chi connectivity index (χ1) is 21.3. The molecule has 43 heavy (non-hydrogen) atoms. The van der Waals surface area contributed by atoms with Crippen LogP contribution in [-0.2, 0) is 0 Å². The first kappa shape index (κ1) is 23.3. The topological polar surface area (TPSA) is 9.86 Å². The van der Waals surface area contributed by atoms with Crippen LogP contribution in [0, 0.1) is 0 Å². The van der Waals surface area contributed by atoms with Crippen molar-refractivity contribution >= 4 is 66.1 Å². The number of rotatable bonds is 2. The van der Waals surface area contributed by atoms with E-state index < -0.39 is 0 Å². The predicted molar refractivity (Wildman–Crippen MR) is 182 cm³/mol. The molecule has 0 bridgehead atoms. The van der Waals surface area contributed by atoms with Crippen LogP contribution >= 0.6 is 11.8 Å². The predicted octanol–water partition coefficient (Wildman–Crippen LogP) is 11.2. The van der Waals surface area contributed by atoms with Gasteiger partial charge in [0.15, 0.2) is 0 Å². The molecule has 2 aromatic heterocycles. The van der Waals surface area contributed by atoms with E-state index in [9.17, 15) is 0 Å². The Morgan fingerprint density at radius 1 is 0.465 bits per heavy atom. The van der Waals surface area contributed by atoms with Crippen molar-refractivity contribution < 1.29 is 0 Å². The van der Waals surface area contributed by atoms with Crippen molar-refractivity contribution in [2.24, 2.45) is 0 Å². The second-order valence-corrected chi connectivity index (χ2v) is 12.4. The Bertz CT molecular complexity index is 2580. The molecule has 0 saturated heterocycles. The fourth-order valence-electron chi connectivity index (χ4n) is 7.27. The third kappa shape index (κ3) is 3.15. The summed E-state index contributed by atoms with van der Waals surface area (Å²) < 4.78 is 4.96. The van der Waals surface area contributed by atoms with Crippen molar-refractivity contribution in [1.82, 2.24) is 9.13 Å². The zero-order valence-corrected chi connectivity index (χ0v) is 24.0. The summed E-state index contributed by atoms with van der Waals surface area (Å²) in [5, 5.41) is 9.05. The minimum Gasteiger partial charge on any atom is -0.295 e. The number of fused-ring (bicyclic) bond motifs is 10. The van der Waals surface area contributed by atoms with Gasteiger partial charge >= 0.3 is 0 Å². The number of nitrogens with zero attached hydrogens (tertiary/aromatic N) is 2. The van der Waals surface area contributed by atoms with Gasteiger partial charge in [0, 0.05) is 31.6 Å². The summed E-state index contributed by atoms with van der Waals surface area (Å²) in [4.78, 5) is 2.59. The van der Waals surface area contributed by atoms with Gasteiger partial charge in [0.1, 0.15) is 5.65 Å². The summed E-state index contributed by atoms with van der Waals surface area (Å²) in [6.07, 6.45) is 0. The number of hydrogen-bond acceptors (Lipinski definition) is 1. The Morgan fingerprint density at radius 2 is 1.14 bits per heavy atom. The highest BCUT2D eigenvalue weighted by molar-refractivity contribution is 7.99. The van der Waals surface area contributed by atoms with E-state index in [1.807, 2.05) is 11.8 Å². The van der Waals surface area contributed by atoms with E-state index in [0.29, 0.717) is 0 Å². The molecule has 0 fully saturated rings. The molecule has 7 aromatic carbocycles. The first-order valence-electron chi connectivity index (χ1n) is 14.7. The quantitative estimate of drug-likeness (QED) is 0.190. The van der Waals surface area contributed by atoms with E-state index in [1.54, 1.807) is 0 Å². The Kier molecular flexibility index (Phi) is 4.68. The Hall–Kier alpha value is -5.25. The molecule has 1 aliphatic heterocycles. The van der Waals surface area contributed by atoms with Gasteiger partial charge in [-0.1, -0.05) is 115 Å². The average Bonchev–Trinajstić information content (AvgIpc) is 3.59. The van der Waals surface area contributed by atoms with E-state index in [2.05, 4.69) is 155 Å². The van der Waals surface area contributed by atoms with Gasteiger partial charge in [-0.15, -0.1) is 0 Å². The van der Waals surface area contributed by atoms with Gasteiger partial charge in [0.05, 0.1) is 16.7 Å². The molecule has 0 N–H and O–H groups in total. The normalized spacial score (nSPS) is 12.6. The maximum atomic E-state index is 2.50. The van der Waals surface area contributed by atoms with Crippen molar-refractivity contribution in [2.45, 2.75) is 9.79 Å². The Labute approximate surface area is 252 Å². The Balaban J connectivity index is 1.26. The number of hydrogen-bond donors (Lipinski definition) is 0. The van der Waals surface area contributed by atoms with Crippen LogP contribution in [0.15, 0.2) is 155 Å². The lowest BCUT2D eigenvalue weighted by Crippen LogP contribution is -2.05. The fourth-order valence-corrected chi connectivity index (χ4v) is 8.36. The summed E-state index contributed by atoms with van der Waals surface area (Å²) in [7, 11) is 0. The van der Waals surface area contributed by atoms with Crippen LogP contribution < -0.4 is 0 Å². The molecule has 0 spiro atoms. The average molecular weight is 565 g/mol. The molecule has 0 radical (unpaired) electrons. The van der Waals surface area contributed by atoms with E-state index in [-0.39, 0.29) is 0 Å². The maximum absolute atomic E-state index is 2.50. The van der Waals surface area contributed by atoms with E-state index in [4.69, 9.17) is 0 Å². The van der Waals surface area contributed by atoms with Crippen LogP contribution in [0.5, 0.6) is 0 Å². The highest BCUT2D eigenvalue weighted by Crippen LogP contribution is 2.49. The van der Waals surface area contributed by atoms with Crippen LogP contribution in [0.3, 0.4) is 0 Å². The molecule has 0 saturated carbocycles. The second kappa shape index (κ2) is 8.64. The van der Waals surface area contributed by atoms with Crippen LogP contribution in [0.1, 0.15) is 0 Å². The van der Waals surface area contributed by atoms with Crippen molar-refractivity contribution in [3.05, 3.63) is 146 Å².